The lowest BCUT2D eigenvalue weighted by Crippen LogP contribution is -2.31. The van der Waals surface area contributed by atoms with Crippen LogP contribution in [0.1, 0.15) is 33.1 Å². The van der Waals surface area contributed by atoms with Crippen LogP contribution in [0.15, 0.2) is 22.7 Å². The highest BCUT2D eigenvalue weighted by molar-refractivity contribution is 9.10. The Labute approximate surface area is 117 Å². The lowest BCUT2D eigenvalue weighted by molar-refractivity contribution is 0.185. The van der Waals surface area contributed by atoms with Crippen molar-refractivity contribution in [2.45, 2.75) is 39.2 Å². The molecule has 0 amide bonds. The highest BCUT2D eigenvalue weighted by Gasteiger charge is 2.12. The molecule has 0 spiro atoms. The quantitative estimate of drug-likeness (QED) is 0.728. The molecule has 1 aromatic carbocycles. The Morgan fingerprint density at radius 1 is 1.33 bits per heavy atom. The van der Waals surface area contributed by atoms with Gasteiger partial charge < -0.3 is 10.1 Å². The van der Waals surface area contributed by atoms with E-state index in [0.717, 1.165) is 36.8 Å². The molecule has 1 unspecified atom stereocenters. The summed E-state index contributed by atoms with van der Waals surface area (Å²) in [6.07, 6.45) is 3.19. The van der Waals surface area contributed by atoms with E-state index in [2.05, 4.69) is 35.1 Å². The van der Waals surface area contributed by atoms with Crippen molar-refractivity contribution in [3.63, 3.8) is 0 Å². The van der Waals surface area contributed by atoms with Crippen molar-refractivity contribution in [3.8, 4) is 5.75 Å². The number of nitrogens with one attached hydrogen (secondary N) is 1. The van der Waals surface area contributed by atoms with Gasteiger partial charge in [-0.25, -0.2) is 4.39 Å². The molecule has 1 atom stereocenters. The standard InChI is InChI=1S/C14H21BrFNO/c1-3-5-12(10-17-8-4-2)18-14-9-11(16)6-7-13(14)15/h6-7,9,12,17H,3-5,8,10H2,1-2H3. The summed E-state index contributed by atoms with van der Waals surface area (Å²) in [5.74, 6) is 0.303. The predicted molar refractivity (Wildman–Crippen MR) is 76.6 cm³/mol. The third kappa shape index (κ3) is 5.36. The lowest BCUT2D eigenvalue weighted by atomic mass is 10.2. The minimum Gasteiger partial charge on any atom is -0.488 e. The normalized spacial score (nSPS) is 12.4. The van der Waals surface area contributed by atoms with Crippen LogP contribution in [0.5, 0.6) is 5.75 Å². The molecular weight excluding hydrogens is 297 g/mol. The minimum absolute atomic E-state index is 0.0830. The van der Waals surface area contributed by atoms with E-state index in [9.17, 15) is 4.39 Å². The van der Waals surface area contributed by atoms with E-state index in [1.807, 2.05) is 0 Å². The molecule has 0 aromatic heterocycles. The van der Waals surface area contributed by atoms with E-state index in [0.29, 0.717) is 5.75 Å². The fourth-order valence-electron chi connectivity index (χ4n) is 1.71. The smallest absolute Gasteiger partial charge is 0.136 e. The third-order valence-electron chi connectivity index (χ3n) is 2.60. The molecule has 1 aromatic rings. The zero-order chi connectivity index (χ0) is 13.4. The zero-order valence-corrected chi connectivity index (χ0v) is 12.6. The van der Waals surface area contributed by atoms with Crippen molar-refractivity contribution < 1.29 is 9.13 Å². The first kappa shape index (κ1) is 15.4. The molecule has 1 rings (SSSR count). The molecule has 0 aliphatic rings. The van der Waals surface area contributed by atoms with Gasteiger partial charge in [0.1, 0.15) is 17.7 Å². The first-order valence-corrected chi connectivity index (χ1v) is 7.29. The van der Waals surface area contributed by atoms with Crippen molar-refractivity contribution in [3.05, 3.63) is 28.5 Å². The van der Waals surface area contributed by atoms with Crippen LogP contribution in [0, 0.1) is 5.82 Å². The van der Waals surface area contributed by atoms with Crippen LogP contribution in [-0.2, 0) is 0 Å². The SMILES string of the molecule is CCCNCC(CCC)Oc1cc(F)ccc1Br. The molecule has 0 aliphatic carbocycles. The molecule has 0 saturated heterocycles. The van der Waals surface area contributed by atoms with Crippen LogP contribution in [0.2, 0.25) is 0 Å². The van der Waals surface area contributed by atoms with Gasteiger partial charge in [-0.1, -0.05) is 20.3 Å². The molecule has 4 heteroatoms. The maximum absolute atomic E-state index is 13.2. The van der Waals surface area contributed by atoms with E-state index in [4.69, 9.17) is 4.74 Å². The Kier molecular flexibility index (Phi) is 7.28. The van der Waals surface area contributed by atoms with E-state index < -0.39 is 0 Å². The fraction of sp³-hybridized carbons (Fsp3) is 0.571. The molecule has 0 heterocycles. The third-order valence-corrected chi connectivity index (χ3v) is 3.25. The Hall–Kier alpha value is -0.610. The van der Waals surface area contributed by atoms with E-state index >= 15 is 0 Å². The van der Waals surface area contributed by atoms with Crippen LogP contribution in [-0.4, -0.2) is 19.2 Å². The molecule has 0 aliphatic heterocycles. The van der Waals surface area contributed by atoms with Gasteiger partial charge in [0.15, 0.2) is 0 Å². The molecule has 0 bridgehead atoms. The van der Waals surface area contributed by atoms with Gasteiger partial charge in [-0.05, 0) is 47.4 Å². The molecule has 0 radical (unpaired) electrons. The summed E-state index contributed by atoms with van der Waals surface area (Å²) in [7, 11) is 0. The van der Waals surface area contributed by atoms with Crippen molar-refractivity contribution >= 4 is 15.9 Å². The Morgan fingerprint density at radius 2 is 2.11 bits per heavy atom. The van der Waals surface area contributed by atoms with Gasteiger partial charge in [-0.2, -0.15) is 0 Å². The van der Waals surface area contributed by atoms with Gasteiger partial charge in [-0.3, -0.25) is 0 Å². The maximum Gasteiger partial charge on any atom is 0.136 e. The molecular formula is C14H21BrFNO. The monoisotopic (exact) mass is 317 g/mol. The Balaban J connectivity index is 2.60. The van der Waals surface area contributed by atoms with Crippen molar-refractivity contribution in [2.75, 3.05) is 13.1 Å². The van der Waals surface area contributed by atoms with E-state index in [1.54, 1.807) is 6.07 Å². The minimum atomic E-state index is -0.273. The lowest BCUT2D eigenvalue weighted by Gasteiger charge is -2.20. The van der Waals surface area contributed by atoms with Crippen LogP contribution in [0.4, 0.5) is 4.39 Å². The molecule has 0 saturated carbocycles. The summed E-state index contributed by atoms with van der Waals surface area (Å²) < 4.78 is 19.8. The van der Waals surface area contributed by atoms with E-state index in [-0.39, 0.29) is 11.9 Å². The number of hydrogen-bond donors (Lipinski definition) is 1. The summed E-state index contributed by atoms with van der Waals surface area (Å²) in [5.41, 5.74) is 0. The summed E-state index contributed by atoms with van der Waals surface area (Å²) in [6, 6.07) is 4.51. The molecule has 18 heavy (non-hydrogen) atoms. The van der Waals surface area contributed by atoms with Crippen LogP contribution in [0.25, 0.3) is 0 Å². The summed E-state index contributed by atoms with van der Waals surface area (Å²) in [6.45, 7) is 6.03. The molecule has 2 nitrogen and oxygen atoms in total. The number of ether oxygens (including phenoxy) is 1. The van der Waals surface area contributed by atoms with Crippen LogP contribution in [0.3, 0.4) is 0 Å². The topological polar surface area (TPSA) is 21.3 Å². The highest BCUT2D eigenvalue weighted by atomic mass is 79.9. The average Bonchev–Trinajstić information content (AvgIpc) is 2.34. The van der Waals surface area contributed by atoms with Gasteiger partial charge in [0.2, 0.25) is 0 Å². The number of benzene rings is 1. The summed E-state index contributed by atoms with van der Waals surface area (Å²) in [5, 5.41) is 3.34. The second-order valence-corrected chi connectivity index (χ2v) is 5.16. The molecule has 0 fully saturated rings. The van der Waals surface area contributed by atoms with Gasteiger partial charge in [0, 0.05) is 12.6 Å². The summed E-state index contributed by atoms with van der Waals surface area (Å²) >= 11 is 3.38. The van der Waals surface area contributed by atoms with Crippen molar-refractivity contribution in [1.29, 1.82) is 0 Å². The first-order chi connectivity index (χ1) is 8.67. The Morgan fingerprint density at radius 3 is 2.78 bits per heavy atom. The number of rotatable bonds is 8. The van der Waals surface area contributed by atoms with E-state index in [1.165, 1.54) is 12.1 Å². The second-order valence-electron chi connectivity index (χ2n) is 4.31. The van der Waals surface area contributed by atoms with Gasteiger partial charge in [0.05, 0.1) is 4.47 Å². The van der Waals surface area contributed by atoms with Crippen molar-refractivity contribution in [1.82, 2.24) is 5.32 Å². The summed E-state index contributed by atoms with van der Waals surface area (Å²) in [4.78, 5) is 0. The van der Waals surface area contributed by atoms with Crippen molar-refractivity contribution in [2.24, 2.45) is 0 Å². The number of halogens is 2. The van der Waals surface area contributed by atoms with Gasteiger partial charge in [-0.15, -0.1) is 0 Å². The predicted octanol–water partition coefficient (Wildman–Crippen LogP) is 4.14. The zero-order valence-electron chi connectivity index (χ0n) is 11.0. The second kappa shape index (κ2) is 8.48. The Bertz CT molecular complexity index is 360. The van der Waals surface area contributed by atoms with Gasteiger partial charge >= 0.3 is 0 Å². The number of hydrogen-bond acceptors (Lipinski definition) is 2. The molecule has 1 N–H and O–H groups in total. The van der Waals surface area contributed by atoms with Gasteiger partial charge in [0.25, 0.3) is 0 Å². The van der Waals surface area contributed by atoms with Crippen LogP contribution < -0.4 is 10.1 Å². The maximum atomic E-state index is 13.2. The molecule has 102 valence electrons. The highest BCUT2D eigenvalue weighted by Crippen LogP contribution is 2.27. The first-order valence-electron chi connectivity index (χ1n) is 6.49. The van der Waals surface area contributed by atoms with Crippen LogP contribution >= 0.6 is 15.9 Å². The fourth-order valence-corrected chi connectivity index (χ4v) is 2.05. The average molecular weight is 318 g/mol. The largest absolute Gasteiger partial charge is 0.488 e.